The number of carboxylic acid groups (broad SMARTS) is 1. The van der Waals surface area contributed by atoms with E-state index in [2.05, 4.69) is 0 Å². The van der Waals surface area contributed by atoms with Gasteiger partial charge in [-0.2, -0.15) is 0 Å². The van der Waals surface area contributed by atoms with E-state index < -0.39 is 17.6 Å². The van der Waals surface area contributed by atoms with Crippen molar-refractivity contribution in [3.63, 3.8) is 0 Å². The number of aliphatic carboxylic acids is 1. The largest absolute Gasteiger partial charge is 0.479 e. The van der Waals surface area contributed by atoms with Gasteiger partial charge in [-0.3, -0.25) is 0 Å². The van der Waals surface area contributed by atoms with Crippen molar-refractivity contribution in [2.45, 2.75) is 18.0 Å². The highest BCUT2D eigenvalue weighted by atomic mass is 19.1. The molecule has 1 fully saturated rings. The first-order valence-electron chi connectivity index (χ1n) is 4.12. The van der Waals surface area contributed by atoms with Crippen LogP contribution in [0.3, 0.4) is 0 Å². The van der Waals surface area contributed by atoms with Crippen molar-refractivity contribution in [2.24, 2.45) is 0 Å². The topological polar surface area (TPSA) is 37.3 Å². The first kappa shape index (κ1) is 8.23. The molecule has 1 aromatic carbocycles. The van der Waals surface area contributed by atoms with Gasteiger partial charge >= 0.3 is 5.97 Å². The van der Waals surface area contributed by atoms with E-state index in [4.69, 9.17) is 5.11 Å². The molecule has 13 heavy (non-hydrogen) atoms. The van der Waals surface area contributed by atoms with Crippen molar-refractivity contribution >= 4 is 5.97 Å². The first-order valence-corrected chi connectivity index (χ1v) is 4.12. The highest BCUT2D eigenvalue weighted by Gasteiger charge is 2.62. The molecule has 0 amide bonds. The predicted octanol–water partition coefficient (Wildman–Crippen LogP) is 1.97. The number of benzene rings is 1. The van der Waals surface area contributed by atoms with E-state index in [1.807, 2.05) is 6.07 Å². The summed E-state index contributed by atoms with van der Waals surface area (Å²) in [6.07, 6.45) is 0.104. The molecule has 2 nitrogen and oxygen atoms in total. The van der Waals surface area contributed by atoms with Gasteiger partial charge in [-0.15, -0.1) is 0 Å². The average Bonchev–Trinajstić information content (AvgIpc) is 2.81. The van der Waals surface area contributed by atoms with Crippen LogP contribution in [0, 0.1) is 0 Å². The Labute approximate surface area is 75.0 Å². The molecule has 3 heteroatoms. The lowest BCUT2D eigenvalue weighted by Crippen LogP contribution is -2.17. The minimum Gasteiger partial charge on any atom is -0.479 e. The van der Waals surface area contributed by atoms with Gasteiger partial charge in [0.25, 0.3) is 0 Å². The molecule has 68 valence electrons. The molecule has 1 saturated carbocycles. The minimum atomic E-state index is -2.01. The third-order valence-electron chi connectivity index (χ3n) is 2.45. The van der Waals surface area contributed by atoms with E-state index in [0.29, 0.717) is 0 Å². The van der Waals surface area contributed by atoms with E-state index in [0.717, 1.165) is 5.56 Å². The second-order valence-electron chi connectivity index (χ2n) is 3.34. The van der Waals surface area contributed by atoms with Crippen LogP contribution in [0.4, 0.5) is 4.39 Å². The minimum absolute atomic E-state index is 0.104. The molecule has 1 aliphatic rings. The van der Waals surface area contributed by atoms with E-state index in [1.165, 1.54) is 0 Å². The number of carbonyl (C=O) groups is 1. The molecular formula is C10H9FO2. The molecule has 0 saturated heterocycles. The normalized spacial score (nSPS) is 31.3. The zero-order valence-corrected chi connectivity index (χ0v) is 6.90. The molecule has 0 aliphatic heterocycles. The number of halogens is 1. The van der Waals surface area contributed by atoms with Crippen LogP contribution in [-0.4, -0.2) is 16.7 Å². The molecule has 0 spiro atoms. The van der Waals surface area contributed by atoms with E-state index in [-0.39, 0.29) is 6.42 Å². The van der Waals surface area contributed by atoms with Crippen molar-refractivity contribution < 1.29 is 14.3 Å². The summed E-state index contributed by atoms with van der Waals surface area (Å²) >= 11 is 0. The maximum Gasteiger partial charge on any atom is 0.342 e. The lowest BCUT2D eigenvalue weighted by Gasteiger charge is -2.00. The fraction of sp³-hybridized carbons (Fsp3) is 0.300. The highest BCUT2D eigenvalue weighted by Crippen LogP contribution is 2.54. The molecule has 1 aliphatic carbocycles. The number of carboxylic acids is 1. The molecular weight excluding hydrogens is 171 g/mol. The molecule has 0 aromatic heterocycles. The Hall–Kier alpha value is -1.38. The summed E-state index contributed by atoms with van der Waals surface area (Å²) in [5, 5.41) is 8.57. The van der Waals surface area contributed by atoms with Crippen molar-refractivity contribution in [2.75, 3.05) is 0 Å². The average molecular weight is 180 g/mol. The number of alkyl halides is 1. The summed E-state index contributed by atoms with van der Waals surface area (Å²) in [4.78, 5) is 10.5. The fourth-order valence-corrected chi connectivity index (χ4v) is 1.54. The third kappa shape index (κ3) is 1.20. The van der Waals surface area contributed by atoms with Crippen LogP contribution in [0.25, 0.3) is 0 Å². The maximum absolute atomic E-state index is 13.4. The molecule has 0 bridgehead atoms. The molecule has 2 rings (SSSR count). The zero-order chi connectivity index (χ0) is 9.47. The summed E-state index contributed by atoms with van der Waals surface area (Å²) < 4.78 is 13.4. The highest BCUT2D eigenvalue weighted by molar-refractivity contribution is 5.83. The summed E-state index contributed by atoms with van der Waals surface area (Å²) in [7, 11) is 0. The second-order valence-corrected chi connectivity index (χ2v) is 3.34. The Morgan fingerprint density at radius 1 is 1.46 bits per heavy atom. The number of hydrogen-bond donors (Lipinski definition) is 1. The van der Waals surface area contributed by atoms with Gasteiger partial charge in [0.15, 0.2) is 0 Å². The predicted molar refractivity (Wildman–Crippen MR) is 45.3 cm³/mol. The van der Waals surface area contributed by atoms with Crippen LogP contribution >= 0.6 is 0 Å². The van der Waals surface area contributed by atoms with Crippen LogP contribution in [0.1, 0.15) is 17.9 Å². The number of hydrogen-bond acceptors (Lipinski definition) is 1. The van der Waals surface area contributed by atoms with Crippen LogP contribution in [-0.2, 0) is 4.79 Å². The third-order valence-corrected chi connectivity index (χ3v) is 2.45. The van der Waals surface area contributed by atoms with Gasteiger partial charge in [0.2, 0.25) is 5.67 Å². The van der Waals surface area contributed by atoms with E-state index in [9.17, 15) is 9.18 Å². The fourth-order valence-electron chi connectivity index (χ4n) is 1.54. The monoisotopic (exact) mass is 180 g/mol. The summed E-state index contributed by atoms with van der Waals surface area (Å²) in [6, 6.07) is 8.92. The van der Waals surface area contributed by atoms with Gasteiger partial charge in [0, 0.05) is 12.3 Å². The second kappa shape index (κ2) is 2.55. The quantitative estimate of drug-likeness (QED) is 0.755. The molecule has 1 N–H and O–H groups in total. The van der Waals surface area contributed by atoms with Crippen molar-refractivity contribution in [3.8, 4) is 0 Å². The Kier molecular flexibility index (Phi) is 1.62. The van der Waals surface area contributed by atoms with Crippen molar-refractivity contribution in [1.29, 1.82) is 0 Å². The molecule has 0 radical (unpaired) electrons. The summed E-state index contributed by atoms with van der Waals surface area (Å²) in [6.45, 7) is 0. The van der Waals surface area contributed by atoms with Gasteiger partial charge in [-0.1, -0.05) is 30.3 Å². The molecule has 2 atom stereocenters. The van der Waals surface area contributed by atoms with Crippen LogP contribution in [0.15, 0.2) is 30.3 Å². The van der Waals surface area contributed by atoms with Crippen molar-refractivity contribution in [1.82, 2.24) is 0 Å². The first-order chi connectivity index (χ1) is 6.14. The maximum atomic E-state index is 13.4. The molecule has 1 aromatic rings. The van der Waals surface area contributed by atoms with Crippen LogP contribution < -0.4 is 0 Å². The molecule has 0 unspecified atom stereocenters. The van der Waals surface area contributed by atoms with Gasteiger partial charge in [0.1, 0.15) is 0 Å². The standard InChI is InChI=1S/C10H9FO2/c11-10(9(12)13)6-8(10)7-4-2-1-3-5-7/h1-5,8H,6H2,(H,12,13)/t8-,10-/m0/s1. The lowest BCUT2D eigenvalue weighted by atomic mass is 10.1. The lowest BCUT2D eigenvalue weighted by molar-refractivity contribution is -0.144. The van der Waals surface area contributed by atoms with Gasteiger partial charge < -0.3 is 5.11 Å². The van der Waals surface area contributed by atoms with Crippen molar-refractivity contribution in [3.05, 3.63) is 35.9 Å². The van der Waals surface area contributed by atoms with Gasteiger partial charge in [-0.05, 0) is 5.56 Å². The Morgan fingerprint density at radius 2 is 2.08 bits per heavy atom. The van der Waals surface area contributed by atoms with Crippen LogP contribution in [0.5, 0.6) is 0 Å². The summed E-state index contributed by atoms with van der Waals surface area (Å²) in [5.41, 5.74) is -1.24. The van der Waals surface area contributed by atoms with E-state index in [1.54, 1.807) is 24.3 Å². The summed E-state index contributed by atoms with van der Waals surface area (Å²) in [5.74, 6) is -1.80. The van der Waals surface area contributed by atoms with Gasteiger partial charge in [-0.25, -0.2) is 9.18 Å². The Bertz CT molecular complexity index is 336. The molecule has 0 heterocycles. The SMILES string of the molecule is O=C(O)[C@]1(F)C[C@H]1c1ccccc1. The smallest absolute Gasteiger partial charge is 0.342 e. The Morgan fingerprint density at radius 3 is 2.54 bits per heavy atom. The van der Waals surface area contributed by atoms with E-state index >= 15 is 0 Å². The zero-order valence-electron chi connectivity index (χ0n) is 6.90. The van der Waals surface area contributed by atoms with Gasteiger partial charge in [0.05, 0.1) is 0 Å². The number of rotatable bonds is 2. The Balaban J connectivity index is 2.21. The van der Waals surface area contributed by atoms with Crippen LogP contribution in [0.2, 0.25) is 0 Å².